The Morgan fingerprint density at radius 1 is 0.298 bits per heavy atom. The van der Waals surface area contributed by atoms with E-state index in [1.165, 1.54) is 99.2 Å². The Hall–Kier alpha value is -7.42. The third-order valence-electron chi connectivity index (χ3n) is 12.9. The lowest BCUT2D eigenvalue weighted by atomic mass is 9.70. The van der Waals surface area contributed by atoms with Crippen molar-refractivity contribution in [1.82, 2.24) is 9.13 Å². The van der Waals surface area contributed by atoms with Gasteiger partial charge in [0.05, 0.1) is 27.5 Å². The molecule has 264 valence electrons. The van der Waals surface area contributed by atoms with E-state index in [1.54, 1.807) is 0 Å². The fraction of sp³-hybridized carbons (Fsp3) is 0.0182. The van der Waals surface area contributed by atoms with E-state index in [9.17, 15) is 0 Å². The van der Waals surface area contributed by atoms with Crippen molar-refractivity contribution in [3.05, 3.63) is 229 Å². The summed E-state index contributed by atoms with van der Waals surface area (Å²) < 4.78 is 5.01. The van der Waals surface area contributed by atoms with Crippen LogP contribution in [0.25, 0.3) is 88.4 Å². The first-order valence-electron chi connectivity index (χ1n) is 19.9. The molecule has 1 spiro atoms. The second kappa shape index (κ2) is 11.3. The van der Waals surface area contributed by atoms with Crippen LogP contribution in [0, 0.1) is 0 Å². The van der Waals surface area contributed by atoms with Crippen LogP contribution in [0.15, 0.2) is 206 Å². The normalized spacial score (nSPS) is 13.4. The highest BCUT2D eigenvalue weighted by Crippen LogP contribution is 2.64. The molecule has 57 heavy (non-hydrogen) atoms. The quantitative estimate of drug-likeness (QED) is 0.172. The summed E-state index contributed by atoms with van der Waals surface area (Å²) in [7, 11) is 0. The Kier molecular flexibility index (Phi) is 6.13. The topological polar surface area (TPSA) is 9.86 Å². The van der Waals surface area contributed by atoms with Gasteiger partial charge in [-0.3, -0.25) is 0 Å². The molecular formula is C55H34N2. The highest BCUT2D eigenvalue weighted by molar-refractivity contribution is 6.15. The van der Waals surface area contributed by atoms with E-state index in [1.807, 2.05) is 0 Å². The lowest BCUT2D eigenvalue weighted by Crippen LogP contribution is -2.26. The van der Waals surface area contributed by atoms with E-state index in [0.29, 0.717) is 0 Å². The van der Waals surface area contributed by atoms with Crippen LogP contribution < -0.4 is 0 Å². The number of rotatable bonds is 3. The van der Waals surface area contributed by atoms with Gasteiger partial charge in [-0.05, 0) is 92.5 Å². The minimum absolute atomic E-state index is 0.467. The largest absolute Gasteiger partial charge is 0.309 e. The zero-order valence-corrected chi connectivity index (χ0v) is 31.0. The van der Waals surface area contributed by atoms with Crippen LogP contribution in [0.5, 0.6) is 0 Å². The molecule has 2 nitrogen and oxygen atoms in total. The van der Waals surface area contributed by atoms with E-state index < -0.39 is 5.41 Å². The molecular weight excluding hydrogens is 689 g/mol. The SMILES string of the molecule is c1ccc(-c2ccc3c(c2)c2ccccc2n3-c2cccc(-n3c4ccccc4c4ccc5c(c43)C3(c4ccccc4-c4ccccc43)c3ccccc3-5)c2)cc1. The Morgan fingerprint density at radius 3 is 1.51 bits per heavy atom. The van der Waals surface area contributed by atoms with Gasteiger partial charge in [0.15, 0.2) is 0 Å². The maximum atomic E-state index is 2.56. The number of hydrogen-bond acceptors (Lipinski definition) is 0. The average Bonchev–Trinajstić information content (AvgIpc) is 3.99. The van der Waals surface area contributed by atoms with Gasteiger partial charge in [0.25, 0.3) is 0 Å². The number of fused-ring (bicyclic) bond motifs is 17. The Balaban J connectivity index is 1.13. The summed E-state index contributed by atoms with van der Waals surface area (Å²) in [5.74, 6) is 0. The zero-order valence-electron chi connectivity index (χ0n) is 31.0. The van der Waals surface area contributed by atoms with Crippen molar-refractivity contribution in [2.75, 3.05) is 0 Å². The van der Waals surface area contributed by atoms with E-state index in [0.717, 1.165) is 11.4 Å². The van der Waals surface area contributed by atoms with Gasteiger partial charge >= 0.3 is 0 Å². The van der Waals surface area contributed by atoms with Gasteiger partial charge in [0, 0.05) is 38.5 Å². The molecule has 2 aliphatic carbocycles. The number of nitrogens with zero attached hydrogens (tertiary/aromatic N) is 2. The predicted octanol–water partition coefficient (Wildman–Crippen LogP) is 13.9. The summed E-state index contributed by atoms with van der Waals surface area (Å²) in [6, 6.07) is 76.7. The number of benzene rings is 9. The monoisotopic (exact) mass is 722 g/mol. The van der Waals surface area contributed by atoms with Gasteiger partial charge < -0.3 is 9.13 Å². The molecule has 11 aromatic rings. The third-order valence-corrected chi connectivity index (χ3v) is 12.9. The molecule has 0 unspecified atom stereocenters. The maximum Gasteiger partial charge on any atom is 0.0746 e. The number of para-hydroxylation sites is 2. The van der Waals surface area contributed by atoms with Crippen LogP contribution >= 0.6 is 0 Å². The molecule has 0 N–H and O–H groups in total. The van der Waals surface area contributed by atoms with Crippen LogP contribution in [0.3, 0.4) is 0 Å². The molecule has 2 aromatic heterocycles. The minimum Gasteiger partial charge on any atom is -0.309 e. The molecule has 0 fully saturated rings. The van der Waals surface area contributed by atoms with Crippen LogP contribution in [0.4, 0.5) is 0 Å². The molecule has 0 atom stereocenters. The summed E-state index contributed by atoms with van der Waals surface area (Å²) in [6.45, 7) is 0. The summed E-state index contributed by atoms with van der Waals surface area (Å²) >= 11 is 0. The van der Waals surface area contributed by atoms with Crippen molar-refractivity contribution in [3.63, 3.8) is 0 Å². The van der Waals surface area contributed by atoms with E-state index >= 15 is 0 Å². The van der Waals surface area contributed by atoms with E-state index in [4.69, 9.17) is 0 Å². The standard InChI is InChI=1S/C55H34N2/c1-2-15-35(16-3-1)36-29-32-52-46(33-36)43-23-8-12-27-50(43)56(52)37-17-14-18-38(34-37)57-51-28-13-7-22-42(51)45-31-30-44-41-21-6-11-26-49(41)55(53(44)54(45)57)47-24-9-4-19-39(47)40-20-5-10-25-48(40)55/h1-34H. The van der Waals surface area contributed by atoms with Gasteiger partial charge in [-0.15, -0.1) is 0 Å². The lowest BCUT2D eigenvalue weighted by molar-refractivity contribution is 0.797. The summed E-state index contributed by atoms with van der Waals surface area (Å²) in [5.41, 5.74) is 19.8. The molecule has 0 saturated heterocycles. The third kappa shape index (κ3) is 3.94. The van der Waals surface area contributed by atoms with Gasteiger partial charge in [0.2, 0.25) is 0 Å². The molecule has 2 heterocycles. The fourth-order valence-corrected chi connectivity index (χ4v) is 10.7. The van der Waals surface area contributed by atoms with Crippen molar-refractivity contribution in [2.45, 2.75) is 5.41 Å². The molecule has 13 rings (SSSR count). The first kappa shape index (κ1) is 30.9. The Bertz CT molecular complexity index is 3410. The van der Waals surface area contributed by atoms with Crippen molar-refractivity contribution >= 4 is 43.6 Å². The summed E-state index contributed by atoms with van der Waals surface area (Å²) in [5, 5.41) is 5.04. The highest BCUT2D eigenvalue weighted by atomic mass is 15.0. The Labute approximate surface area is 330 Å². The summed E-state index contributed by atoms with van der Waals surface area (Å²) in [4.78, 5) is 0. The molecule has 0 amide bonds. The van der Waals surface area contributed by atoms with Crippen LogP contribution in [0.1, 0.15) is 22.3 Å². The van der Waals surface area contributed by atoms with Crippen molar-refractivity contribution in [2.24, 2.45) is 0 Å². The van der Waals surface area contributed by atoms with Crippen molar-refractivity contribution < 1.29 is 0 Å². The zero-order chi connectivity index (χ0) is 37.2. The molecule has 0 saturated carbocycles. The molecule has 0 bridgehead atoms. The van der Waals surface area contributed by atoms with Crippen LogP contribution in [0.2, 0.25) is 0 Å². The van der Waals surface area contributed by atoms with Crippen LogP contribution in [-0.4, -0.2) is 9.13 Å². The van der Waals surface area contributed by atoms with E-state index in [-0.39, 0.29) is 0 Å². The maximum absolute atomic E-state index is 2.56. The molecule has 9 aromatic carbocycles. The average molecular weight is 723 g/mol. The van der Waals surface area contributed by atoms with Gasteiger partial charge in [0.1, 0.15) is 0 Å². The number of hydrogen-bond donors (Lipinski definition) is 0. The highest BCUT2D eigenvalue weighted by Gasteiger charge is 2.53. The first-order valence-corrected chi connectivity index (χ1v) is 19.9. The molecule has 0 radical (unpaired) electrons. The second-order valence-electron chi connectivity index (χ2n) is 15.6. The van der Waals surface area contributed by atoms with Crippen molar-refractivity contribution in [1.29, 1.82) is 0 Å². The van der Waals surface area contributed by atoms with Crippen molar-refractivity contribution in [3.8, 4) is 44.8 Å². The summed E-state index contributed by atoms with van der Waals surface area (Å²) in [6.07, 6.45) is 0. The van der Waals surface area contributed by atoms with Gasteiger partial charge in [-0.25, -0.2) is 0 Å². The molecule has 2 heteroatoms. The number of aromatic nitrogens is 2. The fourth-order valence-electron chi connectivity index (χ4n) is 10.7. The van der Waals surface area contributed by atoms with E-state index in [2.05, 4.69) is 215 Å². The van der Waals surface area contributed by atoms with Crippen LogP contribution in [-0.2, 0) is 5.41 Å². The predicted molar refractivity (Wildman–Crippen MR) is 237 cm³/mol. The lowest BCUT2D eigenvalue weighted by Gasteiger charge is -2.31. The molecule has 2 aliphatic rings. The minimum atomic E-state index is -0.467. The Morgan fingerprint density at radius 2 is 0.825 bits per heavy atom. The smallest absolute Gasteiger partial charge is 0.0746 e. The van der Waals surface area contributed by atoms with Gasteiger partial charge in [-0.1, -0.05) is 164 Å². The second-order valence-corrected chi connectivity index (χ2v) is 15.6. The van der Waals surface area contributed by atoms with Gasteiger partial charge in [-0.2, -0.15) is 0 Å². The molecule has 0 aliphatic heterocycles. The first-order chi connectivity index (χ1) is 28.3.